The number of nitrogens with one attached hydrogen (secondary N) is 1. The second-order valence-electron chi connectivity index (χ2n) is 8.18. The molecule has 1 N–H and O–H groups in total. The number of amides is 1. The number of morpholine rings is 1. The molecule has 0 aliphatic carbocycles. The second kappa shape index (κ2) is 8.51. The molecule has 1 aromatic heterocycles. The van der Waals surface area contributed by atoms with Crippen LogP contribution in [0.4, 0.5) is 23.9 Å². The Morgan fingerprint density at radius 1 is 1.16 bits per heavy atom. The molecule has 0 atom stereocenters. The molecule has 11 nitrogen and oxygen atoms in total. The lowest BCUT2D eigenvalue weighted by molar-refractivity contribution is -0.0818. The van der Waals surface area contributed by atoms with Gasteiger partial charge >= 0.3 is 21.7 Å². The number of carbonyl (C=O) groups is 1. The molecular formula is C17H23F3N4O7S. The van der Waals surface area contributed by atoms with Gasteiger partial charge in [-0.1, -0.05) is 0 Å². The molecule has 0 radical (unpaired) electrons. The van der Waals surface area contributed by atoms with Crippen LogP contribution in [0.15, 0.2) is 6.07 Å². The molecule has 0 bridgehead atoms. The number of halogens is 3. The van der Waals surface area contributed by atoms with Crippen molar-refractivity contribution in [1.29, 1.82) is 0 Å². The maximum Gasteiger partial charge on any atom is 0.534 e. The Morgan fingerprint density at radius 2 is 1.78 bits per heavy atom. The van der Waals surface area contributed by atoms with Crippen molar-refractivity contribution in [2.45, 2.75) is 37.4 Å². The number of aromatic nitrogens is 2. The lowest BCUT2D eigenvalue weighted by Crippen LogP contribution is -2.60. The Bertz CT molecular complexity index is 956. The third-order valence-corrected chi connectivity index (χ3v) is 5.35. The van der Waals surface area contributed by atoms with Gasteiger partial charge in [-0.25, -0.2) is 9.78 Å². The molecule has 2 aliphatic heterocycles. The molecule has 0 aromatic carbocycles. The molecule has 15 heteroatoms. The van der Waals surface area contributed by atoms with E-state index in [-0.39, 0.29) is 24.9 Å². The number of hydrogen-bond acceptors (Lipinski definition) is 10. The first kappa shape index (κ1) is 24.3. The average molecular weight is 484 g/mol. The summed E-state index contributed by atoms with van der Waals surface area (Å²) >= 11 is 0. The van der Waals surface area contributed by atoms with Crippen LogP contribution in [-0.4, -0.2) is 75.1 Å². The summed E-state index contributed by atoms with van der Waals surface area (Å²) in [6.07, 6.45) is -0.808. The SMILES string of the molecule is CC(C)(C)OC(=O)NC1(c2cc(OS(=O)(=O)C(F)(F)F)nc(N3CCOCC3)n2)COC1. The first-order valence-electron chi connectivity index (χ1n) is 9.53. The van der Waals surface area contributed by atoms with E-state index in [1.165, 1.54) is 0 Å². The van der Waals surface area contributed by atoms with Crippen molar-refractivity contribution in [3.63, 3.8) is 0 Å². The van der Waals surface area contributed by atoms with Gasteiger partial charge in [0, 0.05) is 19.2 Å². The highest BCUT2D eigenvalue weighted by molar-refractivity contribution is 7.87. The van der Waals surface area contributed by atoms with Crippen molar-refractivity contribution in [3.8, 4) is 5.88 Å². The maximum absolute atomic E-state index is 12.8. The summed E-state index contributed by atoms with van der Waals surface area (Å²) in [6.45, 7) is 6.09. The van der Waals surface area contributed by atoms with Crippen molar-refractivity contribution in [1.82, 2.24) is 15.3 Å². The molecule has 180 valence electrons. The third kappa shape index (κ3) is 5.50. The molecule has 3 heterocycles. The number of alkyl carbamates (subject to hydrolysis) is 1. The Hall–Kier alpha value is -2.39. The highest BCUT2D eigenvalue weighted by atomic mass is 32.2. The molecular weight excluding hydrogens is 461 g/mol. The summed E-state index contributed by atoms with van der Waals surface area (Å²) < 4.78 is 81.5. The summed E-state index contributed by atoms with van der Waals surface area (Å²) in [4.78, 5) is 22.1. The van der Waals surface area contributed by atoms with E-state index in [9.17, 15) is 26.4 Å². The number of rotatable bonds is 5. The van der Waals surface area contributed by atoms with E-state index in [1.807, 2.05) is 0 Å². The molecule has 2 fully saturated rings. The summed E-state index contributed by atoms with van der Waals surface area (Å²) in [6, 6.07) is 0.924. The number of anilines is 1. The largest absolute Gasteiger partial charge is 0.534 e. The predicted molar refractivity (Wildman–Crippen MR) is 103 cm³/mol. The van der Waals surface area contributed by atoms with Crippen molar-refractivity contribution in [2.75, 3.05) is 44.4 Å². The van der Waals surface area contributed by atoms with Crippen molar-refractivity contribution in [2.24, 2.45) is 0 Å². The van der Waals surface area contributed by atoms with E-state index in [4.69, 9.17) is 14.2 Å². The van der Waals surface area contributed by atoms with Crippen LogP contribution in [-0.2, 0) is 29.9 Å². The van der Waals surface area contributed by atoms with Gasteiger partial charge in [-0.05, 0) is 20.8 Å². The van der Waals surface area contributed by atoms with Gasteiger partial charge in [0.05, 0.1) is 32.1 Å². The lowest BCUT2D eigenvalue weighted by atomic mass is 9.93. The number of carbonyl (C=O) groups excluding carboxylic acids is 1. The number of nitrogens with zero attached hydrogens (tertiary/aromatic N) is 3. The number of hydrogen-bond donors (Lipinski definition) is 1. The first-order valence-corrected chi connectivity index (χ1v) is 10.9. The van der Waals surface area contributed by atoms with Gasteiger partial charge in [-0.15, -0.1) is 0 Å². The van der Waals surface area contributed by atoms with Crippen LogP contribution < -0.4 is 14.4 Å². The Labute approximate surface area is 182 Å². The van der Waals surface area contributed by atoms with E-state index in [2.05, 4.69) is 19.5 Å². The lowest BCUT2D eigenvalue weighted by Gasteiger charge is -2.41. The topological polar surface area (TPSA) is 129 Å². The zero-order valence-corrected chi connectivity index (χ0v) is 18.4. The van der Waals surface area contributed by atoms with E-state index >= 15 is 0 Å². The Kier molecular flexibility index (Phi) is 6.45. The van der Waals surface area contributed by atoms with Crippen LogP contribution in [0.1, 0.15) is 26.5 Å². The van der Waals surface area contributed by atoms with Gasteiger partial charge in [0.15, 0.2) is 0 Å². The molecule has 0 spiro atoms. The van der Waals surface area contributed by atoms with E-state index in [0.717, 1.165) is 6.07 Å². The molecule has 3 rings (SSSR count). The monoisotopic (exact) mass is 484 g/mol. The average Bonchev–Trinajstić information content (AvgIpc) is 2.62. The van der Waals surface area contributed by atoms with Crippen LogP contribution in [0.25, 0.3) is 0 Å². The van der Waals surface area contributed by atoms with Crippen LogP contribution >= 0.6 is 0 Å². The normalized spacial score (nSPS) is 19.1. The highest BCUT2D eigenvalue weighted by Gasteiger charge is 2.50. The molecule has 0 unspecified atom stereocenters. The highest BCUT2D eigenvalue weighted by Crippen LogP contribution is 2.33. The van der Waals surface area contributed by atoms with Crippen molar-refractivity contribution < 1.29 is 44.8 Å². The fourth-order valence-electron chi connectivity index (χ4n) is 2.85. The Balaban J connectivity index is 1.98. The number of ether oxygens (including phenoxy) is 3. The molecule has 1 amide bonds. The van der Waals surface area contributed by atoms with Crippen molar-refractivity contribution >= 4 is 22.2 Å². The standard InChI is InChI=1S/C17H23F3N4O7S/c1-15(2,3)30-14(25)23-16(9-29-10-16)11-8-12(31-32(26,27)17(18,19)20)22-13(21-11)24-4-6-28-7-5-24/h8H,4-7,9-10H2,1-3H3,(H,23,25). The van der Waals surface area contributed by atoms with Gasteiger partial charge < -0.3 is 28.6 Å². The molecule has 2 saturated heterocycles. The second-order valence-corrected chi connectivity index (χ2v) is 9.71. The van der Waals surface area contributed by atoms with Crippen LogP contribution in [0.2, 0.25) is 0 Å². The third-order valence-electron chi connectivity index (χ3n) is 4.39. The summed E-state index contributed by atoms with van der Waals surface area (Å²) in [5, 5.41) is 2.61. The maximum atomic E-state index is 12.8. The molecule has 32 heavy (non-hydrogen) atoms. The van der Waals surface area contributed by atoms with Crippen molar-refractivity contribution in [3.05, 3.63) is 11.8 Å². The minimum Gasteiger partial charge on any atom is -0.444 e. The fraction of sp³-hybridized carbons (Fsp3) is 0.706. The molecule has 0 saturated carbocycles. The summed E-state index contributed by atoms with van der Waals surface area (Å²) in [5.41, 5.74) is -7.72. The minimum atomic E-state index is -5.97. The zero-order chi connectivity index (χ0) is 23.8. The first-order chi connectivity index (χ1) is 14.7. The smallest absolute Gasteiger partial charge is 0.444 e. The van der Waals surface area contributed by atoms with E-state index in [1.54, 1.807) is 25.7 Å². The fourth-order valence-corrected chi connectivity index (χ4v) is 3.26. The molecule has 2 aliphatic rings. The number of alkyl halides is 3. The summed E-state index contributed by atoms with van der Waals surface area (Å²) in [5.74, 6) is -0.915. The van der Waals surface area contributed by atoms with Crippen LogP contribution in [0.3, 0.4) is 0 Å². The van der Waals surface area contributed by atoms with Gasteiger partial charge in [-0.3, -0.25) is 0 Å². The van der Waals surface area contributed by atoms with Crippen LogP contribution in [0, 0.1) is 0 Å². The van der Waals surface area contributed by atoms with Gasteiger partial charge in [0.1, 0.15) is 11.1 Å². The quantitative estimate of drug-likeness (QED) is 0.482. The van der Waals surface area contributed by atoms with E-state index in [0.29, 0.717) is 26.3 Å². The summed E-state index contributed by atoms with van der Waals surface area (Å²) in [7, 11) is -5.97. The van der Waals surface area contributed by atoms with Gasteiger partial charge in [-0.2, -0.15) is 26.6 Å². The Morgan fingerprint density at radius 3 is 2.28 bits per heavy atom. The van der Waals surface area contributed by atoms with Crippen LogP contribution in [0.5, 0.6) is 5.88 Å². The van der Waals surface area contributed by atoms with Gasteiger partial charge in [0.25, 0.3) is 0 Å². The molecule has 1 aromatic rings. The van der Waals surface area contributed by atoms with E-state index < -0.39 is 38.7 Å². The zero-order valence-electron chi connectivity index (χ0n) is 17.6. The minimum absolute atomic E-state index is 0.0125. The predicted octanol–water partition coefficient (Wildman–Crippen LogP) is 1.29. The van der Waals surface area contributed by atoms with Gasteiger partial charge in [0.2, 0.25) is 11.8 Å².